The second-order valence-corrected chi connectivity index (χ2v) is 6.87. The fraction of sp³-hybridized carbons (Fsp3) is 0.286. The summed E-state index contributed by atoms with van der Waals surface area (Å²) in [5.41, 5.74) is 3.35. The van der Waals surface area contributed by atoms with Crippen molar-refractivity contribution < 1.29 is 4.79 Å². The van der Waals surface area contributed by atoms with E-state index in [1.165, 1.54) is 16.6 Å². The van der Waals surface area contributed by atoms with Crippen molar-refractivity contribution in [2.24, 2.45) is 0 Å². The number of aromatic nitrogens is 1. The maximum absolute atomic E-state index is 12.7. The van der Waals surface area contributed by atoms with E-state index in [2.05, 4.69) is 41.8 Å². The number of hydrogen-bond acceptors (Lipinski definition) is 1. The van der Waals surface area contributed by atoms with E-state index in [4.69, 9.17) is 0 Å². The topological polar surface area (TPSA) is 22.0 Å². The van der Waals surface area contributed by atoms with E-state index in [9.17, 15) is 4.79 Å². The van der Waals surface area contributed by atoms with E-state index in [-0.39, 0.29) is 11.2 Å². The van der Waals surface area contributed by atoms with Crippen LogP contribution in [0.1, 0.15) is 42.2 Å². The third-order valence-corrected chi connectivity index (χ3v) is 5.19. The lowest BCUT2D eigenvalue weighted by Crippen LogP contribution is -2.32. The number of para-hydroxylation sites is 1. The molecule has 116 valence electrons. The number of aryl methyl sites for hydroxylation is 1. The van der Waals surface area contributed by atoms with Crippen LogP contribution in [0.3, 0.4) is 0 Å². The Labute approximate surface area is 136 Å². The van der Waals surface area contributed by atoms with Crippen molar-refractivity contribution >= 4 is 16.7 Å². The van der Waals surface area contributed by atoms with Crippen LogP contribution in [0.2, 0.25) is 0 Å². The molecule has 23 heavy (non-hydrogen) atoms. The maximum Gasteiger partial charge on any atom is 0.163 e. The average molecular weight is 303 g/mol. The minimum atomic E-state index is -0.0792. The fourth-order valence-corrected chi connectivity index (χ4v) is 3.97. The van der Waals surface area contributed by atoms with Gasteiger partial charge in [0.1, 0.15) is 0 Å². The van der Waals surface area contributed by atoms with Gasteiger partial charge in [0, 0.05) is 35.2 Å². The number of benzene rings is 2. The molecule has 0 fully saturated rings. The molecule has 2 heteroatoms. The first-order valence-electron chi connectivity index (χ1n) is 8.34. The van der Waals surface area contributed by atoms with Gasteiger partial charge in [-0.3, -0.25) is 4.79 Å². The Morgan fingerprint density at radius 3 is 2.65 bits per heavy atom. The average Bonchev–Trinajstić information content (AvgIpc) is 2.96. The molecule has 2 heterocycles. The third-order valence-electron chi connectivity index (χ3n) is 5.19. The Bertz CT molecular complexity index is 862. The lowest BCUT2D eigenvalue weighted by molar-refractivity contribution is 0.0942. The number of carbonyl (C=O) groups excluding carboxylic acids is 1. The normalized spacial score (nSPS) is 20.4. The molecule has 1 aliphatic heterocycles. The molecule has 0 radical (unpaired) electrons. The van der Waals surface area contributed by atoms with Gasteiger partial charge in [-0.25, -0.2) is 0 Å². The molecule has 2 nitrogen and oxygen atoms in total. The lowest BCUT2D eigenvalue weighted by Gasteiger charge is -2.35. The molecular weight excluding hydrogens is 282 g/mol. The Morgan fingerprint density at radius 1 is 1.09 bits per heavy atom. The number of rotatable bonds is 3. The van der Waals surface area contributed by atoms with Crippen LogP contribution in [0.5, 0.6) is 0 Å². The number of Topliss-reactive ketones (excluding diaryl/α,β-unsaturated/α-hetero) is 1. The summed E-state index contributed by atoms with van der Waals surface area (Å²) in [5.74, 6) is 0.242. The van der Waals surface area contributed by atoms with Gasteiger partial charge >= 0.3 is 0 Å². The summed E-state index contributed by atoms with van der Waals surface area (Å²) in [6, 6.07) is 20.5. The van der Waals surface area contributed by atoms with Crippen molar-refractivity contribution in [3.8, 4) is 0 Å². The van der Waals surface area contributed by atoms with Gasteiger partial charge in [-0.15, -0.1) is 0 Å². The molecule has 1 aromatic heterocycles. The zero-order valence-electron chi connectivity index (χ0n) is 13.5. The summed E-state index contributed by atoms with van der Waals surface area (Å²) < 4.78 is 2.41. The molecule has 1 unspecified atom stereocenters. The van der Waals surface area contributed by atoms with Crippen LogP contribution in [0.25, 0.3) is 10.9 Å². The van der Waals surface area contributed by atoms with Gasteiger partial charge < -0.3 is 4.57 Å². The molecule has 4 rings (SSSR count). The first-order valence-corrected chi connectivity index (χ1v) is 8.34. The summed E-state index contributed by atoms with van der Waals surface area (Å²) in [6.07, 6.45) is 2.78. The fourth-order valence-electron chi connectivity index (χ4n) is 3.97. The summed E-state index contributed by atoms with van der Waals surface area (Å²) in [7, 11) is 0. The van der Waals surface area contributed by atoms with E-state index in [0.29, 0.717) is 6.42 Å². The number of fused-ring (bicyclic) bond motifs is 3. The van der Waals surface area contributed by atoms with Crippen molar-refractivity contribution in [2.45, 2.75) is 38.1 Å². The molecule has 0 N–H and O–H groups in total. The molecule has 0 aliphatic carbocycles. The third kappa shape index (κ3) is 2.39. The first kappa shape index (κ1) is 14.3. The van der Waals surface area contributed by atoms with E-state index in [0.717, 1.165) is 24.9 Å². The van der Waals surface area contributed by atoms with Crippen LogP contribution in [0.15, 0.2) is 60.7 Å². The molecule has 3 aromatic rings. The van der Waals surface area contributed by atoms with Crippen LogP contribution < -0.4 is 0 Å². The summed E-state index contributed by atoms with van der Waals surface area (Å²) in [6.45, 7) is 3.30. The van der Waals surface area contributed by atoms with Gasteiger partial charge in [-0.1, -0.05) is 55.5 Å². The molecular formula is C21H21NO. The highest BCUT2D eigenvalue weighted by Crippen LogP contribution is 2.40. The van der Waals surface area contributed by atoms with Crippen LogP contribution in [0, 0.1) is 0 Å². The minimum Gasteiger partial charge on any atom is -0.344 e. The monoisotopic (exact) mass is 303 g/mol. The Morgan fingerprint density at radius 2 is 1.83 bits per heavy atom. The van der Waals surface area contributed by atoms with Crippen LogP contribution in [-0.4, -0.2) is 10.4 Å². The quantitative estimate of drug-likeness (QED) is 0.626. The predicted molar refractivity (Wildman–Crippen MR) is 93.9 cm³/mol. The van der Waals surface area contributed by atoms with Crippen molar-refractivity contribution in [3.05, 3.63) is 71.9 Å². The zero-order chi connectivity index (χ0) is 15.9. The molecule has 1 aliphatic rings. The van der Waals surface area contributed by atoms with E-state index >= 15 is 0 Å². The van der Waals surface area contributed by atoms with Gasteiger partial charge in [-0.2, -0.15) is 0 Å². The lowest BCUT2D eigenvalue weighted by atomic mass is 9.75. The SMILES string of the molecule is CC1(CC(=O)c2ccccc2)CCCn2c1cc1ccccc12. The van der Waals surface area contributed by atoms with Gasteiger partial charge in [-0.05, 0) is 30.4 Å². The Balaban J connectivity index is 1.74. The zero-order valence-corrected chi connectivity index (χ0v) is 13.5. The first-order chi connectivity index (χ1) is 11.2. The smallest absolute Gasteiger partial charge is 0.163 e. The second-order valence-electron chi connectivity index (χ2n) is 6.87. The summed E-state index contributed by atoms with van der Waals surface area (Å²) >= 11 is 0. The van der Waals surface area contributed by atoms with E-state index in [1.54, 1.807) is 0 Å². The predicted octanol–water partition coefficient (Wildman–Crippen LogP) is 4.97. The molecule has 0 amide bonds. The molecule has 0 spiro atoms. The number of carbonyl (C=O) groups is 1. The highest BCUT2D eigenvalue weighted by Gasteiger charge is 2.35. The van der Waals surface area contributed by atoms with E-state index < -0.39 is 0 Å². The van der Waals surface area contributed by atoms with E-state index in [1.807, 2.05) is 30.3 Å². The van der Waals surface area contributed by atoms with Gasteiger partial charge in [0.2, 0.25) is 0 Å². The van der Waals surface area contributed by atoms with Crippen LogP contribution in [-0.2, 0) is 12.0 Å². The van der Waals surface area contributed by atoms with Crippen molar-refractivity contribution in [2.75, 3.05) is 0 Å². The van der Waals surface area contributed by atoms with Crippen molar-refractivity contribution in [3.63, 3.8) is 0 Å². The van der Waals surface area contributed by atoms with Gasteiger partial charge in [0.25, 0.3) is 0 Å². The molecule has 2 aromatic carbocycles. The van der Waals surface area contributed by atoms with Gasteiger partial charge in [0.05, 0.1) is 0 Å². The van der Waals surface area contributed by atoms with Crippen molar-refractivity contribution in [1.29, 1.82) is 0 Å². The van der Waals surface area contributed by atoms with Crippen LogP contribution in [0.4, 0.5) is 0 Å². The number of hydrogen-bond donors (Lipinski definition) is 0. The number of nitrogens with zero attached hydrogens (tertiary/aromatic N) is 1. The van der Waals surface area contributed by atoms with Gasteiger partial charge in [0.15, 0.2) is 5.78 Å². The number of ketones is 1. The van der Waals surface area contributed by atoms with Crippen molar-refractivity contribution in [1.82, 2.24) is 4.57 Å². The Hall–Kier alpha value is -2.35. The largest absolute Gasteiger partial charge is 0.344 e. The minimum absolute atomic E-state index is 0.0792. The summed E-state index contributed by atoms with van der Waals surface area (Å²) in [5, 5.41) is 1.28. The molecule has 0 bridgehead atoms. The second kappa shape index (κ2) is 5.38. The molecule has 0 saturated heterocycles. The molecule has 0 saturated carbocycles. The summed E-state index contributed by atoms with van der Waals surface area (Å²) in [4.78, 5) is 12.7. The maximum atomic E-state index is 12.7. The standard InChI is InChI=1S/C21H21NO/c1-21(15-19(23)16-8-3-2-4-9-16)12-7-13-22-18-11-6-5-10-17(18)14-20(21)22/h2-6,8-11,14H,7,12-13,15H2,1H3. The highest BCUT2D eigenvalue weighted by molar-refractivity contribution is 5.97. The highest BCUT2D eigenvalue weighted by atomic mass is 16.1. The molecule has 1 atom stereocenters. The van der Waals surface area contributed by atoms with Crippen LogP contribution >= 0.6 is 0 Å². The Kier molecular flexibility index (Phi) is 3.33.